The summed E-state index contributed by atoms with van der Waals surface area (Å²) in [6.07, 6.45) is 0.625. The number of rotatable bonds is 3. The molecule has 3 nitrogen and oxygen atoms in total. The summed E-state index contributed by atoms with van der Waals surface area (Å²) in [5.74, 6) is -0.613. The molecule has 0 heterocycles. The summed E-state index contributed by atoms with van der Waals surface area (Å²) in [6, 6.07) is 9.05. The minimum atomic E-state index is -0.274. The lowest BCUT2D eigenvalue weighted by Crippen LogP contribution is -2.10. The Labute approximate surface area is 88.1 Å². The zero-order chi connectivity index (χ0) is 10.8. The van der Waals surface area contributed by atoms with Gasteiger partial charge in [0, 0.05) is 11.5 Å². The molecule has 3 heteroatoms. The number of Topliss-reactive ketones (excluding diaryl/α,β-unsaturated/α-hetero) is 1. The van der Waals surface area contributed by atoms with Crippen LogP contribution in [0.25, 0.3) is 0 Å². The summed E-state index contributed by atoms with van der Waals surface area (Å²) < 4.78 is 4.60. The van der Waals surface area contributed by atoms with E-state index in [0.29, 0.717) is 12.0 Å². The standard InChI is InChI=1S/C12H12O3/c1-15-12(14)10-7-9(10)11(13)8-5-3-2-4-6-8/h2-6,9-10H,7H2,1H3. The van der Waals surface area contributed by atoms with Gasteiger partial charge in [-0.3, -0.25) is 9.59 Å². The van der Waals surface area contributed by atoms with Gasteiger partial charge in [0.05, 0.1) is 13.0 Å². The summed E-state index contributed by atoms with van der Waals surface area (Å²) in [4.78, 5) is 23.0. The Bertz CT molecular complexity index is 383. The van der Waals surface area contributed by atoms with E-state index in [0.717, 1.165) is 0 Å². The molecule has 1 saturated carbocycles. The minimum absolute atomic E-state index is 0.0472. The summed E-state index contributed by atoms with van der Waals surface area (Å²) in [7, 11) is 1.35. The second-order valence-corrected chi connectivity index (χ2v) is 3.70. The van der Waals surface area contributed by atoms with Crippen molar-refractivity contribution < 1.29 is 14.3 Å². The molecule has 1 aliphatic rings. The quantitative estimate of drug-likeness (QED) is 0.555. The van der Waals surface area contributed by atoms with Crippen LogP contribution in [-0.2, 0) is 9.53 Å². The first kappa shape index (κ1) is 9.90. The zero-order valence-electron chi connectivity index (χ0n) is 8.47. The Hall–Kier alpha value is -1.64. The van der Waals surface area contributed by atoms with Crippen molar-refractivity contribution in [2.45, 2.75) is 6.42 Å². The molecule has 0 amide bonds. The van der Waals surface area contributed by atoms with Crippen LogP contribution >= 0.6 is 0 Å². The molecule has 0 N–H and O–H groups in total. The maximum absolute atomic E-state index is 11.8. The van der Waals surface area contributed by atoms with Crippen LogP contribution in [0.1, 0.15) is 16.8 Å². The van der Waals surface area contributed by atoms with E-state index in [-0.39, 0.29) is 23.6 Å². The third kappa shape index (κ3) is 1.91. The number of benzene rings is 1. The Balaban J connectivity index is 2.04. The molecular weight excluding hydrogens is 192 g/mol. The van der Waals surface area contributed by atoms with E-state index in [1.807, 2.05) is 18.2 Å². The second kappa shape index (κ2) is 3.85. The number of methoxy groups -OCH3 is 1. The van der Waals surface area contributed by atoms with Gasteiger partial charge in [0.15, 0.2) is 5.78 Å². The second-order valence-electron chi connectivity index (χ2n) is 3.70. The fourth-order valence-electron chi connectivity index (χ4n) is 1.71. The lowest BCUT2D eigenvalue weighted by Gasteiger charge is -1.99. The smallest absolute Gasteiger partial charge is 0.309 e. The molecule has 0 spiro atoms. The molecular formula is C12H12O3. The first-order chi connectivity index (χ1) is 7.24. The van der Waals surface area contributed by atoms with Gasteiger partial charge in [-0.2, -0.15) is 0 Å². The van der Waals surface area contributed by atoms with Crippen LogP contribution in [0.4, 0.5) is 0 Å². The molecule has 0 bridgehead atoms. The van der Waals surface area contributed by atoms with Crippen molar-refractivity contribution in [1.82, 2.24) is 0 Å². The van der Waals surface area contributed by atoms with E-state index in [1.165, 1.54) is 7.11 Å². The van der Waals surface area contributed by atoms with Crippen molar-refractivity contribution in [3.63, 3.8) is 0 Å². The summed E-state index contributed by atoms with van der Waals surface area (Å²) in [5.41, 5.74) is 0.675. The first-order valence-corrected chi connectivity index (χ1v) is 4.91. The Kier molecular flexibility index (Phi) is 2.54. The van der Waals surface area contributed by atoms with Gasteiger partial charge in [-0.25, -0.2) is 0 Å². The Morgan fingerprint density at radius 2 is 1.87 bits per heavy atom. The summed E-state index contributed by atoms with van der Waals surface area (Å²) in [6.45, 7) is 0. The van der Waals surface area contributed by atoms with Crippen LogP contribution in [0.15, 0.2) is 30.3 Å². The molecule has 2 atom stereocenters. The van der Waals surface area contributed by atoms with Crippen molar-refractivity contribution in [3.8, 4) is 0 Å². The third-order valence-electron chi connectivity index (χ3n) is 2.69. The van der Waals surface area contributed by atoms with Crippen molar-refractivity contribution in [1.29, 1.82) is 0 Å². The minimum Gasteiger partial charge on any atom is -0.469 e. The van der Waals surface area contributed by atoms with E-state index in [9.17, 15) is 9.59 Å². The largest absolute Gasteiger partial charge is 0.469 e. The fraction of sp³-hybridized carbons (Fsp3) is 0.333. The highest BCUT2D eigenvalue weighted by molar-refractivity contribution is 6.02. The average Bonchev–Trinajstić information content (AvgIpc) is 3.08. The van der Waals surface area contributed by atoms with Crippen LogP contribution in [-0.4, -0.2) is 18.9 Å². The zero-order valence-corrected chi connectivity index (χ0v) is 8.47. The van der Waals surface area contributed by atoms with Crippen LogP contribution < -0.4 is 0 Å². The molecule has 78 valence electrons. The highest BCUT2D eigenvalue weighted by Crippen LogP contribution is 2.41. The lowest BCUT2D eigenvalue weighted by molar-refractivity contribution is -0.142. The van der Waals surface area contributed by atoms with E-state index in [1.54, 1.807) is 12.1 Å². The van der Waals surface area contributed by atoms with Crippen LogP contribution in [0, 0.1) is 11.8 Å². The van der Waals surface area contributed by atoms with Crippen molar-refractivity contribution in [3.05, 3.63) is 35.9 Å². The molecule has 0 radical (unpaired) electrons. The van der Waals surface area contributed by atoms with Gasteiger partial charge in [0.25, 0.3) is 0 Å². The molecule has 0 aliphatic heterocycles. The molecule has 2 rings (SSSR count). The Morgan fingerprint density at radius 1 is 1.20 bits per heavy atom. The van der Waals surface area contributed by atoms with Gasteiger partial charge in [0.1, 0.15) is 0 Å². The number of carbonyl (C=O) groups excluding carboxylic acids is 2. The topological polar surface area (TPSA) is 43.4 Å². The van der Waals surface area contributed by atoms with Gasteiger partial charge < -0.3 is 4.74 Å². The number of hydrogen-bond acceptors (Lipinski definition) is 3. The SMILES string of the molecule is COC(=O)C1CC1C(=O)c1ccccc1. The molecule has 2 unspecified atom stereocenters. The third-order valence-corrected chi connectivity index (χ3v) is 2.69. The number of carbonyl (C=O) groups is 2. The number of esters is 1. The maximum Gasteiger partial charge on any atom is 0.309 e. The van der Waals surface area contributed by atoms with Crippen molar-refractivity contribution >= 4 is 11.8 Å². The van der Waals surface area contributed by atoms with Crippen LogP contribution in [0.5, 0.6) is 0 Å². The van der Waals surface area contributed by atoms with Crippen LogP contribution in [0.3, 0.4) is 0 Å². The molecule has 1 aromatic carbocycles. The number of hydrogen-bond donors (Lipinski definition) is 0. The maximum atomic E-state index is 11.8. The molecule has 1 aromatic rings. The number of ketones is 1. The van der Waals surface area contributed by atoms with E-state index < -0.39 is 0 Å². The highest BCUT2D eigenvalue weighted by atomic mass is 16.5. The van der Waals surface area contributed by atoms with Crippen molar-refractivity contribution in [2.24, 2.45) is 11.8 Å². The van der Waals surface area contributed by atoms with Gasteiger partial charge in [-0.05, 0) is 6.42 Å². The molecule has 0 saturated heterocycles. The van der Waals surface area contributed by atoms with Crippen molar-refractivity contribution in [2.75, 3.05) is 7.11 Å². The first-order valence-electron chi connectivity index (χ1n) is 4.91. The van der Waals surface area contributed by atoms with Gasteiger partial charge in [0.2, 0.25) is 0 Å². The Morgan fingerprint density at radius 3 is 2.47 bits per heavy atom. The van der Waals surface area contributed by atoms with Gasteiger partial charge in [-0.15, -0.1) is 0 Å². The predicted molar refractivity (Wildman–Crippen MR) is 54.4 cm³/mol. The van der Waals surface area contributed by atoms with Gasteiger partial charge >= 0.3 is 5.97 Å². The monoisotopic (exact) mass is 204 g/mol. The predicted octanol–water partition coefficient (Wildman–Crippen LogP) is 1.68. The molecule has 0 aromatic heterocycles. The van der Waals surface area contributed by atoms with E-state index in [4.69, 9.17) is 0 Å². The average molecular weight is 204 g/mol. The normalized spacial score (nSPS) is 23.3. The lowest BCUT2D eigenvalue weighted by atomic mass is 10.1. The molecule has 1 aliphatic carbocycles. The summed E-state index contributed by atoms with van der Waals surface area (Å²) >= 11 is 0. The number of ether oxygens (including phenoxy) is 1. The van der Waals surface area contributed by atoms with E-state index >= 15 is 0 Å². The summed E-state index contributed by atoms with van der Waals surface area (Å²) in [5, 5.41) is 0. The highest BCUT2D eigenvalue weighted by Gasteiger charge is 2.48. The molecule has 15 heavy (non-hydrogen) atoms. The van der Waals surface area contributed by atoms with Crippen LogP contribution in [0.2, 0.25) is 0 Å². The van der Waals surface area contributed by atoms with E-state index in [2.05, 4.69) is 4.74 Å². The fourth-order valence-corrected chi connectivity index (χ4v) is 1.71. The molecule has 1 fully saturated rings. The van der Waals surface area contributed by atoms with Gasteiger partial charge in [-0.1, -0.05) is 30.3 Å².